The molecule has 0 spiro atoms. The average molecular weight is 308 g/mol. The minimum Gasteiger partial charge on any atom is -0.312 e. The zero-order chi connectivity index (χ0) is 15.4. The number of anilines is 1. The molecule has 2 aliphatic heterocycles. The predicted molar refractivity (Wildman–Crippen MR) is 80.9 cm³/mol. The van der Waals surface area contributed by atoms with Crippen molar-refractivity contribution in [1.29, 1.82) is 0 Å². The number of hydrogen-bond acceptors (Lipinski definition) is 3. The zero-order valence-corrected chi connectivity index (χ0v) is 13.4. The first-order valence-electron chi connectivity index (χ1n) is 7.17. The van der Waals surface area contributed by atoms with Crippen LogP contribution in [0.3, 0.4) is 0 Å². The molecule has 0 aliphatic carbocycles. The summed E-state index contributed by atoms with van der Waals surface area (Å²) in [6.07, 6.45) is 2.01. The van der Waals surface area contributed by atoms with E-state index in [2.05, 4.69) is 4.72 Å². The Hall–Kier alpha value is -1.40. The quantitative estimate of drug-likeness (QED) is 0.902. The number of sulfonamides is 1. The molecular weight excluding hydrogens is 288 g/mol. The number of amides is 1. The molecule has 1 amide bonds. The molecule has 21 heavy (non-hydrogen) atoms. The van der Waals surface area contributed by atoms with Gasteiger partial charge in [-0.2, -0.15) is 0 Å². The first kappa shape index (κ1) is 14.5. The van der Waals surface area contributed by atoms with E-state index in [0.29, 0.717) is 6.42 Å². The first-order valence-corrected chi connectivity index (χ1v) is 8.66. The van der Waals surface area contributed by atoms with E-state index in [4.69, 9.17) is 0 Å². The Balaban J connectivity index is 2.08. The van der Waals surface area contributed by atoms with Crippen LogP contribution in [-0.2, 0) is 27.7 Å². The van der Waals surface area contributed by atoms with Crippen molar-refractivity contribution in [3.8, 4) is 0 Å². The van der Waals surface area contributed by atoms with Crippen LogP contribution >= 0.6 is 0 Å². The maximum absolute atomic E-state index is 12.5. The van der Waals surface area contributed by atoms with Crippen LogP contribution in [-0.4, -0.2) is 26.4 Å². The van der Waals surface area contributed by atoms with Crippen LogP contribution in [0.1, 0.15) is 38.3 Å². The number of hydrogen-bond donors (Lipinski definition) is 1. The number of nitrogens with one attached hydrogen (secondary N) is 1. The second kappa shape index (κ2) is 4.55. The maximum atomic E-state index is 12.5. The molecule has 6 heteroatoms. The molecule has 2 aliphatic rings. The summed E-state index contributed by atoms with van der Waals surface area (Å²) in [4.78, 5) is 14.1. The number of benzene rings is 1. The van der Waals surface area contributed by atoms with Crippen molar-refractivity contribution in [3.63, 3.8) is 0 Å². The molecule has 5 nitrogen and oxygen atoms in total. The molecule has 0 aromatic heterocycles. The topological polar surface area (TPSA) is 66.5 Å². The smallest absolute Gasteiger partial charge is 0.241 e. The van der Waals surface area contributed by atoms with Gasteiger partial charge in [0.15, 0.2) is 0 Å². The summed E-state index contributed by atoms with van der Waals surface area (Å²) >= 11 is 0. The van der Waals surface area contributed by atoms with Gasteiger partial charge >= 0.3 is 0 Å². The highest BCUT2D eigenvalue weighted by Crippen LogP contribution is 2.38. The molecule has 0 saturated heterocycles. The summed E-state index contributed by atoms with van der Waals surface area (Å²) in [6.45, 7) is 6.18. The van der Waals surface area contributed by atoms with Crippen LogP contribution in [0.4, 0.5) is 5.69 Å². The Morgan fingerprint density at radius 1 is 1.19 bits per heavy atom. The minimum absolute atomic E-state index is 0.0734. The third-order valence-corrected chi connectivity index (χ3v) is 5.47. The normalized spacial score (nSPS) is 18.0. The fraction of sp³-hybridized carbons (Fsp3) is 0.533. The molecule has 0 atom stereocenters. The molecule has 0 radical (unpaired) electrons. The van der Waals surface area contributed by atoms with Gasteiger partial charge in [0.25, 0.3) is 0 Å². The van der Waals surface area contributed by atoms with Gasteiger partial charge < -0.3 is 4.90 Å². The van der Waals surface area contributed by atoms with E-state index in [0.717, 1.165) is 36.2 Å². The number of aryl methyl sites for hydroxylation is 1. The molecule has 0 fully saturated rings. The molecule has 3 rings (SSSR count). The highest BCUT2D eigenvalue weighted by Gasteiger charge is 2.34. The lowest BCUT2D eigenvalue weighted by Crippen LogP contribution is -2.40. The van der Waals surface area contributed by atoms with Crippen LogP contribution in [0.25, 0.3) is 0 Å². The highest BCUT2D eigenvalue weighted by atomic mass is 32.2. The van der Waals surface area contributed by atoms with Gasteiger partial charge in [0.1, 0.15) is 0 Å². The summed E-state index contributed by atoms with van der Waals surface area (Å²) in [5.41, 5.74) is 2.23. The van der Waals surface area contributed by atoms with E-state index < -0.39 is 15.6 Å². The standard InChI is InChI=1S/C15H20N2O3S/c1-15(2,3)16-21(19,20)12-7-10-5-4-6-17-13(18)9-11(8-12)14(10)17/h7-8,16H,4-6,9H2,1-3H3. The third-order valence-electron chi connectivity index (χ3n) is 3.73. The Labute approximate surface area is 125 Å². The van der Waals surface area contributed by atoms with Crippen molar-refractivity contribution in [2.45, 2.75) is 50.5 Å². The summed E-state index contributed by atoms with van der Waals surface area (Å²) in [5.74, 6) is 0.0734. The van der Waals surface area contributed by atoms with E-state index in [1.165, 1.54) is 0 Å². The van der Waals surface area contributed by atoms with Gasteiger partial charge in [-0.15, -0.1) is 0 Å². The Morgan fingerprint density at radius 3 is 2.52 bits per heavy atom. The van der Waals surface area contributed by atoms with Gasteiger partial charge in [0.2, 0.25) is 15.9 Å². The van der Waals surface area contributed by atoms with Crippen LogP contribution in [0.2, 0.25) is 0 Å². The number of nitrogens with zero attached hydrogens (tertiary/aromatic N) is 1. The number of carbonyl (C=O) groups excluding carboxylic acids is 1. The molecule has 0 saturated carbocycles. The number of carbonyl (C=O) groups is 1. The monoisotopic (exact) mass is 308 g/mol. The van der Waals surface area contributed by atoms with E-state index in [1.54, 1.807) is 17.0 Å². The fourth-order valence-electron chi connectivity index (χ4n) is 3.06. The van der Waals surface area contributed by atoms with E-state index >= 15 is 0 Å². The van der Waals surface area contributed by atoms with Crippen molar-refractivity contribution >= 4 is 21.6 Å². The van der Waals surface area contributed by atoms with Gasteiger partial charge in [0.05, 0.1) is 17.0 Å². The predicted octanol–water partition coefficient (Wildman–Crippen LogP) is 1.60. The summed E-state index contributed by atoms with van der Waals surface area (Å²) in [6, 6.07) is 3.37. The Bertz CT molecular complexity index is 717. The molecular formula is C15H20N2O3S. The van der Waals surface area contributed by atoms with Crippen molar-refractivity contribution in [2.75, 3.05) is 11.4 Å². The first-order chi connectivity index (χ1) is 9.67. The summed E-state index contributed by atoms with van der Waals surface area (Å²) < 4.78 is 27.6. The molecule has 0 unspecified atom stereocenters. The van der Waals surface area contributed by atoms with Crippen molar-refractivity contribution in [2.24, 2.45) is 0 Å². The molecule has 1 N–H and O–H groups in total. The van der Waals surface area contributed by atoms with Gasteiger partial charge in [-0.05, 0) is 56.9 Å². The van der Waals surface area contributed by atoms with Gasteiger partial charge in [-0.3, -0.25) is 4.79 Å². The van der Waals surface area contributed by atoms with Crippen molar-refractivity contribution < 1.29 is 13.2 Å². The van der Waals surface area contributed by atoms with Crippen molar-refractivity contribution in [1.82, 2.24) is 4.72 Å². The van der Waals surface area contributed by atoms with Crippen LogP contribution < -0.4 is 9.62 Å². The van der Waals surface area contributed by atoms with Gasteiger partial charge in [-0.25, -0.2) is 13.1 Å². The van der Waals surface area contributed by atoms with Crippen LogP contribution in [0, 0.1) is 0 Å². The lowest BCUT2D eigenvalue weighted by Gasteiger charge is -2.26. The van der Waals surface area contributed by atoms with E-state index in [-0.39, 0.29) is 10.8 Å². The second-order valence-corrected chi connectivity index (χ2v) is 8.45. The minimum atomic E-state index is -3.56. The molecule has 1 aromatic rings. The summed E-state index contributed by atoms with van der Waals surface area (Å²) in [5, 5.41) is 0. The maximum Gasteiger partial charge on any atom is 0.241 e. The van der Waals surface area contributed by atoms with E-state index in [1.807, 2.05) is 20.8 Å². The van der Waals surface area contributed by atoms with Crippen molar-refractivity contribution in [3.05, 3.63) is 23.3 Å². The number of rotatable bonds is 2. The lowest BCUT2D eigenvalue weighted by atomic mass is 10.0. The Kier molecular flexibility index (Phi) is 3.15. The lowest BCUT2D eigenvalue weighted by molar-refractivity contribution is -0.117. The van der Waals surface area contributed by atoms with Crippen LogP contribution in [0.15, 0.2) is 17.0 Å². The molecule has 0 bridgehead atoms. The highest BCUT2D eigenvalue weighted by molar-refractivity contribution is 7.89. The zero-order valence-electron chi connectivity index (χ0n) is 12.6. The second-order valence-electron chi connectivity index (χ2n) is 6.77. The molecule has 2 heterocycles. The SMILES string of the molecule is CC(C)(C)NS(=O)(=O)c1cc2c3c(c1)CC(=O)N3CCC2. The largest absolute Gasteiger partial charge is 0.312 e. The van der Waals surface area contributed by atoms with Gasteiger partial charge in [-0.1, -0.05) is 0 Å². The fourth-order valence-corrected chi connectivity index (χ4v) is 4.58. The average Bonchev–Trinajstić information content (AvgIpc) is 2.65. The van der Waals surface area contributed by atoms with Crippen LogP contribution in [0.5, 0.6) is 0 Å². The summed E-state index contributed by atoms with van der Waals surface area (Å²) in [7, 11) is -3.56. The van der Waals surface area contributed by atoms with Gasteiger partial charge in [0, 0.05) is 12.1 Å². The molecule has 114 valence electrons. The molecule has 1 aromatic carbocycles. The van der Waals surface area contributed by atoms with E-state index in [9.17, 15) is 13.2 Å². The third kappa shape index (κ3) is 2.58. The Morgan fingerprint density at radius 2 is 1.86 bits per heavy atom.